The number of fused-ring (bicyclic) bond motifs is 1. The van der Waals surface area contributed by atoms with Crippen molar-refractivity contribution in [1.29, 1.82) is 0 Å². The summed E-state index contributed by atoms with van der Waals surface area (Å²) in [5.41, 5.74) is 2.32. The lowest BCUT2D eigenvalue weighted by atomic mass is 10.1. The molecule has 1 aromatic heterocycles. The normalized spacial score (nSPS) is 11.0. The van der Waals surface area contributed by atoms with E-state index in [0.29, 0.717) is 6.54 Å². The average Bonchev–Trinajstić information content (AvgIpc) is 2.59. The molecule has 3 heteroatoms. The van der Waals surface area contributed by atoms with Gasteiger partial charge in [0.15, 0.2) is 0 Å². The van der Waals surface area contributed by atoms with Crippen LogP contribution < -0.4 is 0 Å². The first-order chi connectivity index (χ1) is 6.83. The maximum Gasteiger partial charge on any atom is 0.0923 e. The molecule has 0 spiro atoms. The zero-order valence-electron chi connectivity index (χ0n) is 8.27. The minimum atomic E-state index is 0.134. The molecular formula is C11H14N2O. The van der Waals surface area contributed by atoms with E-state index in [1.54, 1.807) is 4.68 Å². The van der Waals surface area contributed by atoms with E-state index in [4.69, 9.17) is 5.11 Å². The Morgan fingerprint density at radius 2 is 2.29 bits per heavy atom. The maximum atomic E-state index is 8.78. The molecular weight excluding hydrogens is 176 g/mol. The van der Waals surface area contributed by atoms with Crippen molar-refractivity contribution in [2.24, 2.45) is 0 Å². The third-order valence-corrected chi connectivity index (χ3v) is 2.35. The zero-order valence-corrected chi connectivity index (χ0v) is 8.27. The van der Waals surface area contributed by atoms with Gasteiger partial charge in [-0.2, -0.15) is 5.10 Å². The van der Waals surface area contributed by atoms with Crippen LogP contribution in [0.5, 0.6) is 0 Å². The Bertz CT molecular complexity index is 434. The summed E-state index contributed by atoms with van der Waals surface area (Å²) >= 11 is 0. The topological polar surface area (TPSA) is 38.0 Å². The van der Waals surface area contributed by atoms with E-state index in [9.17, 15) is 0 Å². The Hall–Kier alpha value is -1.35. The van der Waals surface area contributed by atoms with Crippen LogP contribution in [0.2, 0.25) is 0 Å². The molecule has 2 rings (SSSR count). The van der Waals surface area contributed by atoms with Crippen LogP contribution in [-0.4, -0.2) is 21.5 Å². The van der Waals surface area contributed by atoms with Crippen molar-refractivity contribution in [3.05, 3.63) is 30.0 Å². The van der Waals surface area contributed by atoms with Crippen molar-refractivity contribution in [3.8, 4) is 0 Å². The number of aliphatic hydroxyl groups excluding tert-OH is 1. The van der Waals surface area contributed by atoms with Crippen molar-refractivity contribution >= 4 is 10.9 Å². The molecule has 0 amide bonds. The van der Waals surface area contributed by atoms with E-state index >= 15 is 0 Å². The quantitative estimate of drug-likeness (QED) is 0.798. The minimum absolute atomic E-state index is 0.134. The van der Waals surface area contributed by atoms with Gasteiger partial charge in [-0.05, 0) is 24.1 Å². The fourth-order valence-electron chi connectivity index (χ4n) is 1.56. The van der Waals surface area contributed by atoms with Crippen LogP contribution >= 0.6 is 0 Å². The molecule has 0 radical (unpaired) electrons. The highest BCUT2D eigenvalue weighted by molar-refractivity contribution is 5.78. The van der Waals surface area contributed by atoms with Gasteiger partial charge in [0, 0.05) is 11.6 Å². The van der Waals surface area contributed by atoms with Gasteiger partial charge in [-0.1, -0.05) is 13.0 Å². The lowest BCUT2D eigenvalue weighted by molar-refractivity contribution is 0.270. The summed E-state index contributed by atoms with van der Waals surface area (Å²) in [5, 5.41) is 14.3. The molecule has 0 saturated heterocycles. The lowest BCUT2D eigenvalue weighted by Gasteiger charge is -1.93. The molecule has 0 fully saturated rings. The van der Waals surface area contributed by atoms with Crippen LogP contribution in [0.15, 0.2) is 24.4 Å². The summed E-state index contributed by atoms with van der Waals surface area (Å²) in [6, 6.07) is 6.27. The highest BCUT2D eigenvalue weighted by atomic mass is 16.3. The molecule has 0 atom stereocenters. The Kier molecular flexibility index (Phi) is 2.50. The molecule has 1 heterocycles. The second-order valence-corrected chi connectivity index (χ2v) is 3.36. The molecule has 0 aliphatic rings. The minimum Gasteiger partial charge on any atom is -0.394 e. The molecule has 2 aromatic rings. The fraction of sp³-hybridized carbons (Fsp3) is 0.364. The van der Waals surface area contributed by atoms with Gasteiger partial charge in [0.05, 0.1) is 18.7 Å². The van der Waals surface area contributed by atoms with Crippen LogP contribution in [0, 0.1) is 0 Å². The van der Waals surface area contributed by atoms with Crippen LogP contribution in [0.4, 0.5) is 0 Å². The van der Waals surface area contributed by atoms with Gasteiger partial charge in [0.1, 0.15) is 0 Å². The van der Waals surface area contributed by atoms with Gasteiger partial charge in [-0.3, -0.25) is 4.68 Å². The third kappa shape index (κ3) is 1.63. The lowest BCUT2D eigenvalue weighted by Crippen LogP contribution is -2.01. The van der Waals surface area contributed by atoms with Crippen LogP contribution in [0.1, 0.15) is 12.5 Å². The monoisotopic (exact) mass is 190 g/mol. The number of rotatable bonds is 3. The van der Waals surface area contributed by atoms with Crippen molar-refractivity contribution in [2.75, 3.05) is 6.61 Å². The number of benzene rings is 1. The van der Waals surface area contributed by atoms with E-state index in [1.807, 2.05) is 12.3 Å². The Balaban J connectivity index is 2.43. The summed E-state index contributed by atoms with van der Waals surface area (Å²) in [5.74, 6) is 0. The molecule has 0 bridgehead atoms. The van der Waals surface area contributed by atoms with Crippen molar-refractivity contribution in [2.45, 2.75) is 19.9 Å². The van der Waals surface area contributed by atoms with E-state index in [2.05, 4.69) is 24.2 Å². The average molecular weight is 190 g/mol. The second-order valence-electron chi connectivity index (χ2n) is 3.36. The van der Waals surface area contributed by atoms with Crippen molar-refractivity contribution in [1.82, 2.24) is 9.78 Å². The second kappa shape index (κ2) is 3.80. The van der Waals surface area contributed by atoms with Gasteiger partial charge in [-0.25, -0.2) is 0 Å². The SMILES string of the molecule is CCc1ccc2nn(CCO)cc2c1. The molecule has 0 aliphatic carbocycles. The van der Waals surface area contributed by atoms with E-state index in [0.717, 1.165) is 17.3 Å². The molecule has 0 aliphatic heterocycles. The van der Waals surface area contributed by atoms with Crippen molar-refractivity contribution in [3.63, 3.8) is 0 Å². The highest BCUT2D eigenvalue weighted by Gasteiger charge is 2.00. The molecule has 74 valence electrons. The summed E-state index contributed by atoms with van der Waals surface area (Å²) in [4.78, 5) is 0. The Morgan fingerprint density at radius 1 is 1.43 bits per heavy atom. The number of aryl methyl sites for hydroxylation is 1. The first-order valence-electron chi connectivity index (χ1n) is 4.90. The van der Waals surface area contributed by atoms with Gasteiger partial charge in [0.25, 0.3) is 0 Å². The largest absolute Gasteiger partial charge is 0.394 e. The number of nitrogens with zero attached hydrogens (tertiary/aromatic N) is 2. The summed E-state index contributed by atoms with van der Waals surface area (Å²) < 4.78 is 1.78. The third-order valence-electron chi connectivity index (χ3n) is 2.35. The zero-order chi connectivity index (χ0) is 9.97. The van der Waals surface area contributed by atoms with Crippen LogP contribution in [0.3, 0.4) is 0 Å². The standard InChI is InChI=1S/C11H14N2O/c1-2-9-3-4-11-10(7-9)8-13(12-11)5-6-14/h3-4,7-8,14H,2,5-6H2,1H3. The Labute approximate surface area is 83.0 Å². The van der Waals surface area contributed by atoms with Gasteiger partial charge in [-0.15, -0.1) is 0 Å². The van der Waals surface area contributed by atoms with Gasteiger partial charge < -0.3 is 5.11 Å². The van der Waals surface area contributed by atoms with E-state index in [-0.39, 0.29) is 6.61 Å². The molecule has 0 saturated carbocycles. The maximum absolute atomic E-state index is 8.78. The molecule has 1 aromatic carbocycles. The smallest absolute Gasteiger partial charge is 0.0923 e. The molecule has 14 heavy (non-hydrogen) atoms. The first-order valence-corrected chi connectivity index (χ1v) is 4.90. The summed E-state index contributed by atoms with van der Waals surface area (Å²) in [6.07, 6.45) is 3.02. The molecule has 3 nitrogen and oxygen atoms in total. The highest BCUT2D eigenvalue weighted by Crippen LogP contribution is 2.14. The number of hydrogen-bond acceptors (Lipinski definition) is 2. The summed E-state index contributed by atoms with van der Waals surface area (Å²) in [7, 11) is 0. The van der Waals surface area contributed by atoms with Crippen LogP contribution in [-0.2, 0) is 13.0 Å². The fourth-order valence-corrected chi connectivity index (χ4v) is 1.56. The number of aliphatic hydroxyl groups is 1. The van der Waals surface area contributed by atoms with E-state index < -0.39 is 0 Å². The number of aromatic nitrogens is 2. The van der Waals surface area contributed by atoms with Gasteiger partial charge in [0.2, 0.25) is 0 Å². The predicted molar refractivity (Wildman–Crippen MR) is 56.2 cm³/mol. The molecule has 1 N–H and O–H groups in total. The van der Waals surface area contributed by atoms with Crippen LogP contribution in [0.25, 0.3) is 10.9 Å². The van der Waals surface area contributed by atoms with E-state index in [1.165, 1.54) is 5.56 Å². The number of hydrogen-bond donors (Lipinski definition) is 1. The first kappa shape index (κ1) is 9.21. The molecule has 0 unspecified atom stereocenters. The van der Waals surface area contributed by atoms with Crippen molar-refractivity contribution < 1.29 is 5.11 Å². The Morgan fingerprint density at radius 3 is 3.00 bits per heavy atom. The van der Waals surface area contributed by atoms with Gasteiger partial charge >= 0.3 is 0 Å². The summed E-state index contributed by atoms with van der Waals surface area (Å²) in [6.45, 7) is 2.84. The predicted octanol–water partition coefficient (Wildman–Crippen LogP) is 1.59.